The summed E-state index contributed by atoms with van der Waals surface area (Å²) in [6.45, 7) is 5.80. The van der Waals surface area contributed by atoms with Crippen LogP contribution in [0.25, 0.3) is 0 Å². The van der Waals surface area contributed by atoms with E-state index in [1.54, 1.807) is 0 Å². The number of anilines is 1. The fraction of sp³-hybridized carbons (Fsp3) is 0.667. The molecular formula is C12H20N4O. The first kappa shape index (κ1) is 12.1. The maximum Gasteiger partial charge on any atom is 0.256 e. The summed E-state index contributed by atoms with van der Waals surface area (Å²) in [5.41, 5.74) is 6.38. The Labute approximate surface area is 101 Å². The van der Waals surface area contributed by atoms with Crippen LogP contribution in [0.1, 0.15) is 49.9 Å². The highest BCUT2D eigenvalue weighted by Crippen LogP contribution is 2.22. The number of H-pyrrole nitrogens is 1. The SMILES string of the molecule is CC(C)c1c(N)nc(C2CCCNC2)[nH]c1=O. The van der Waals surface area contributed by atoms with Crippen LogP contribution in [0.5, 0.6) is 0 Å². The molecule has 0 amide bonds. The number of aromatic nitrogens is 2. The smallest absolute Gasteiger partial charge is 0.256 e. The zero-order chi connectivity index (χ0) is 12.4. The van der Waals surface area contributed by atoms with Gasteiger partial charge in [0, 0.05) is 12.5 Å². The van der Waals surface area contributed by atoms with Crippen LogP contribution in [0, 0.1) is 0 Å². The Hall–Kier alpha value is -1.36. The first-order chi connectivity index (χ1) is 8.09. The topological polar surface area (TPSA) is 83.8 Å². The molecule has 0 aromatic carbocycles. The molecule has 5 nitrogen and oxygen atoms in total. The molecule has 1 aromatic rings. The lowest BCUT2D eigenvalue weighted by molar-refractivity contribution is 0.445. The Kier molecular flexibility index (Phi) is 3.47. The summed E-state index contributed by atoms with van der Waals surface area (Å²) in [5.74, 6) is 1.48. The van der Waals surface area contributed by atoms with Gasteiger partial charge in [0.25, 0.3) is 5.56 Å². The van der Waals surface area contributed by atoms with E-state index in [-0.39, 0.29) is 17.4 Å². The van der Waals surface area contributed by atoms with Crippen molar-refractivity contribution in [1.82, 2.24) is 15.3 Å². The van der Waals surface area contributed by atoms with Crippen molar-refractivity contribution < 1.29 is 0 Å². The molecule has 94 valence electrons. The van der Waals surface area contributed by atoms with Crippen molar-refractivity contribution in [2.24, 2.45) is 0 Å². The van der Waals surface area contributed by atoms with Crippen molar-refractivity contribution in [3.8, 4) is 0 Å². The van der Waals surface area contributed by atoms with E-state index >= 15 is 0 Å². The van der Waals surface area contributed by atoms with Crippen molar-refractivity contribution in [2.45, 2.75) is 38.5 Å². The predicted octanol–water partition coefficient (Wildman–Crippen LogP) is 0.943. The molecule has 1 unspecified atom stereocenters. The minimum Gasteiger partial charge on any atom is -0.383 e. The van der Waals surface area contributed by atoms with Crippen LogP contribution in [0.15, 0.2) is 4.79 Å². The standard InChI is InChI=1S/C12H20N4O/c1-7(2)9-10(13)15-11(16-12(9)17)8-4-3-5-14-6-8/h7-8,14H,3-6H2,1-2H3,(H3,13,15,16,17). The summed E-state index contributed by atoms with van der Waals surface area (Å²) in [4.78, 5) is 19.2. The van der Waals surface area contributed by atoms with Gasteiger partial charge < -0.3 is 16.0 Å². The average Bonchev–Trinajstić information content (AvgIpc) is 2.28. The molecule has 1 aliphatic rings. The molecule has 0 saturated carbocycles. The highest BCUT2D eigenvalue weighted by molar-refractivity contribution is 5.40. The first-order valence-corrected chi connectivity index (χ1v) is 6.20. The number of nitrogens with two attached hydrogens (primary N) is 1. The summed E-state index contributed by atoms with van der Waals surface area (Å²) in [5, 5.41) is 3.31. The van der Waals surface area contributed by atoms with Gasteiger partial charge in [0.1, 0.15) is 11.6 Å². The fourth-order valence-corrected chi connectivity index (χ4v) is 2.35. The molecule has 2 rings (SSSR count). The minimum absolute atomic E-state index is 0.0897. The lowest BCUT2D eigenvalue weighted by atomic mass is 9.98. The lowest BCUT2D eigenvalue weighted by Crippen LogP contribution is -2.31. The quantitative estimate of drug-likeness (QED) is 0.713. The molecule has 5 heteroatoms. The van der Waals surface area contributed by atoms with Crippen molar-refractivity contribution >= 4 is 5.82 Å². The van der Waals surface area contributed by atoms with Crippen LogP contribution in [-0.2, 0) is 0 Å². The van der Waals surface area contributed by atoms with E-state index in [9.17, 15) is 4.79 Å². The maximum absolute atomic E-state index is 11.9. The number of nitrogen functional groups attached to an aromatic ring is 1. The molecule has 1 atom stereocenters. The first-order valence-electron chi connectivity index (χ1n) is 6.20. The Morgan fingerprint density at radius 2 is 2.24 bits per heavy atom. The van der Waals surface area contributed by atoms with Crippen LogP contribution in [0.3, 0.4) is 0 Å². The van der Waals surface area contributed by atoms with Crippen LogP contribution < -0.4 is 16.6 Å². The molecular weight excluding hydrogens is 216 g/mol. The van der Waals surface area contributed by atoms with Crippen LogP contribution >= 0.6 is 0 Å². The van der Waals surface area contributed by atoms with Gasteiger partial charge in [0.15, 0.2) is 0 Å². The molecule has 1 fully saturated rings. The summed E-state index contributed by atoms with van der Waals surface area (Å²) in [6, 6.07) is 0. The van der Waals surface area contributed by atoms with Gasteiger partial charge in [-0.1, -0.05) is 13.8 Å². The van der Waals surface area contributed by atoms with Gasteiger partial charge in [-0.05, 0) is 25.3 Å². The minimum atomic E-state index is -0.0897. The summed E-state index contributed by atoms with van der Waals surface area (Å²) in [7, 11) is 0. The van der Waals surface area contributed by atoms with Gasteiger partial charge in [0.05, 0.1) is 5.56 Å². The number of piperidine rings is 1. The van der Waals surface area contributed by atoms with Gasteiger partial charge in [-0.3, -0.25) is 4.79 Å². The van der Waals surface area contributed by atoms with Crippen LogP contribution in [-0.4, -0.2) is 23.1 Å². The predicted molar refractivity (Wildman–Crippen MR) is 68.2 cm³/mol. The second-order valence-corrected chi connectivity index (χ2v) is 4.95. The molecule has 0 spiro atoms. The van der Waals surface area contributed by atoms with E-state index in [0.717, 1.165) is 31.8 Å². The Morgan fingerprint density at radius 3 is 2.76 bits per heavy atom. The molecule has 0 aliphatic carbocycles. The highest BCUT2D eigenvalue weighted by atomic mass is 16.1. The average molecular weight is 236 g/mol. The second-order valence-electron chi connectivity index (χ2n) is 4.95. The maximum atomic E-state index is 11.9. The monoisotopic (exact) mass is 236 g/mol. The van der Waals surface area contributed by atoms with E-state index < -0.39 is 0 Å². The third kappa shape index (κ3) is 2.49. The number of nitrogens with one attached hydrogen (secondary N) is 2. The van der Waals surface area contributed by atoms with Crippen molar-refractivity contribution in [1.29, 1.82) is 0 Å². The second kappa shape index (κ2) is 4.87. The zero-order valence-corrected chi connectivity index (χ0v) is 10.4. The number of hydrogen-bond donors (Lipinski definition) is 3. The van der Waals surface area contributed by atoms with E-state index in [1.165, 1.54) is 0 Å². The highest BCUT2D eigenvalue weighted by Gasteiger charge is 2.20. The van der Waals surface area contributed by atoms with Gasteiger partial charge in [-0.15, -0.1) is 0 Å². The van der Waals surface area contributed by atoms with Crippen molar-refractivity contribution in [3.63, 3.8) is 0 Å². The summed E-state index contributed by atoms with van der Waals surface area (Å²) in [6.07, 6.45) is 2.16. The fourth-order valence-electron chi connectivity index (χ4n) is 2.35. The third-order valence-corrected chi connectivity index (χ3v) is 3.26. The Balaban J connectivity index is 2.34. The molecule has 4 N–H and O–H groups in total. The van der Waals surface area contributed by atoms with E-state index in [0.29, 0.717) is 11.4 Å². The van der Waals surface area contributed by atoms with Gasteiger partial charge in [-0.25, -0.2) is 4.98 Å². The molecule has 0 bridgehead atoms. The Bertz CT molecular complexity index is 446. The van der Waals surface area contributed by atoms with E-state index in [1.807, 2.05) is 13.8 Å². The number of hydrogen-bond acceptors (Lipinski definition) is 4. The normalized spacial score (nSPS) is 20.8. The van der Waals surface area contributed by atoms with Gasteiger partial charge >= 0.3 is 0 Å². The zero-order valence-electron chi connectivity index (χ0n) is 10.4. The lowest BCUT2D eigenvalue weighted by Gasteiger charge is -2.22. The number of nitrogens with zero attached hydrogens (tertiary/aromatic N) is 1. The summed E-state index contributed by atoms with van der Waals surface area (Å²) >= 11 is 0. The molecule has 1 aliphatic heterocycles. The Morgan fingerprint density at radius 1 is 1.47 bits per heavy atom. The molecule has 1 saturated heterocycles. The van der Waals surface area contributed by atoms with Crippen molar-refractivity contribution in [2.75, 3.05) is 18.8 Å². The molecule has 1 aromatic heterocycles. The largest absolute Gasteiger partial charge is 0.383 e. The van der Waals surface area contributed by atoms with Crippen LogP contribution in [0.2, 0.25) is 0 Å². The van der Waals surface area contributed by atoms with Crippen LogP contribution in [0.4, 0.5) is 5.82 Å². The van der Waals surface area contributed by atoms with Gasteiger partial charge in [0.2, 0.25) is 0 Å². The number of aromatic amines is 1. The molecule has 17 heavy (non-hydrogen) atoms. The third-order valence-electron chi connectivity index (χ3n) is 3.26. The molecule has 0 radical (unpaired) electrons. The summed E-state index contributed by atoms with van der Waals surface area (Å²) < 4.78 is 0. The molecule has 2 heterocycles. The van der Waals surface area contributed by atoms with E-state index in [2.05, 4.69) is 15.3 Å². The van der Waals surface area contributed by atoms with Gasteiger partial charge in [-0.2, -0.15) is 0 Å². The van der Waals surface area contributed by atoms with E-state index in [4.69, 9.17) is 5.73 Å². The van der Waals surface area contributed by atoms with Crippen molar-refractivity contribution in [3.05, 3.63) is 21.7 Å². The number of rotatable bonds is 2.